The van der Waals surface area contributed by atoms with E-state index in [9.17, 15) is 10.4 Å². The van der Waals surface area contributed by atoms with Gasteiger partial charge in [0.25, 0.3) is 0 Å². The van der Waals surface area contributed by atoms with Gasteiger partial charge in [0.2, 0.25) is 0 Å². The van der Waals surface area contributed by atoms with E-state index in [1.807, 2.05) is 11.8 Å². The van der Waals surface area contributed by atoms with Crippen LogP contribution in [0.15, 0.2) is 0 Å². The molecule has 0 bridgehead atoms. The molecular weight excluding hydrogens is 260 g/mol. The topological polar surface area (TPSA) is 46.1 Å². The highest BCUT2D eigenvalue weighted by Gasteiger charge is 2.31. The zero-order chi connectivity index (χ0) is 13.9. The van der Waals surface area contributed by atoms with Gasteiger partial charge < -0.3 is 19.7 Å². The number of rotatable bonds is 6. The van der Waals surface area contributed by atoms with Crippen LogP contribution in [-0.4, -0.2) is 59.1 Å². The van der Waals surface area contributed by atoms with E-state index in [4.69, 9.17) is 0 Å². The third-order valence-corrected chi connectivity index (χ3v) is 6.41. The summed E-state index contributed by atoms with van der Waals surface area (Å²) < 4.78 is -0.00247. The van der Waals surface area contributed by atoms with Gasteiger partial charge in [-0.3, -0.25) is 0 Å². The fourth-order valence-corrected chi connectivity index (χ4v) is 4.67. The first-order chi connectivity index (χ1) is 8.96. The van der Waals surface area contributed by atoms with Crippen LogP contribution < -0.4 is 0 Å². The first-order valence-corrected chi connectivity index (χ1v) is 8.85. The number of quaternary nitrogens is 2. The van der Waals surface area contributed by atoms with Crippen molar-refractivity contribution >= 4 is 11.8 Å². The summed E-state index contributed by atoms with van der Waals surface area (Å²) in [6.07, 6.45) is 4.32. The van der Waals surface area contributed by atoms with Crippen molar-refractivity contribution in [1.29, 1.82) is 0 Å². The fourth-order valence-electron chi connectivity index (χ4n) is 3.30. The largest absolute Gasteiger partial charge is 0.633 e. The lowest BCUT2D eigenvalue weighted by atomic mass is 10.3. The maximum Gasteiger partial charge on any atom is 0.0950 e. The van der Waals surface area contributed by atoms with E-state index in [0.717, 1.165) is 63.4 Å². The van der Waals surface area contributed by atoms with Crippen LogP contribution in [0.25, 0.3) is 0 Å². The Hall–Kier alpha value is 0.190. The highest BCUT2D eigenvalue weighted by atomic mass is 32.2. The number of nitrogens with zero attached hydrogens (tertiary/aromatic N) is 2. The lowest BCUT2D eigenvalue weighted by Crippen LogP contribution is -2.49. The summed E-state index contributed by atoms with van der Waals surface area (Å²) in [5.41, 5.74) is 0. The van der Waals surface area contributed by atoms with Crippen molar-refractivity contribution in [3.63, 3.8) is 0 Å². The second-order valence-corrected chi connectivity index (χ2v) is 7.52. The Balaban J connectivity index is 1.71. The first-order valence-electron chi connectivity index (χ1n) is 7.70. The standard InChI is InChI=1S/C14H28N2O2S/c1-13(15(17)7-3-4-8-15)11-19-12-14(2)16(18)9-5-6-10-16/h13-14H,3-12H2,1-2H3. The number of likely N-dealkylation sites (tertiary alicyclic amines) is 2. The highest BCUT2D eigenvalue weighted by Crippen LogP contribution is 2.27. The summed E-state index contributed by atoms with van der Waals surface area (Å²) in [4.78, 5) is 0. The smallest absolute Gasteiger partial charge is 0.0950 e. The molecule has 2 rings (SSSR count). The van der Waals surface area contributed by atoms with E-state index < -0.39 is 0 Å². The van der Waals surface area contributed by atoms with E-state index in [1.165, 1.54) is 0 Å². The van der Waals surface area contributed by atoms with Gasteiger partial charge in [-0.1, -0.05) is 0 Å². The first kappa shape index (κ1) is 15.6. The van der Waals surface area contributed by atoms with E-state index in [1.54, 1.807) is 0 Å². The molecule has 5 heteroatoms. The molecule has 19 heavy (non-hydrogen) atoms. The van der Waals surface area contributed by atoms with Gasteiger partial charge in [0.05, 0.1) is 38.3 Å². The Morgan fingerprint density at radius 3 is 1.42 bits per heavy atom. The van der Waals surface area contributed by atoms with E-state index >= 15 is 0 Å². The van der Waals surface area contributed by atoms with Crippen LogP contribution in [0, 0.1) is 10.4 Å². The summed E-state index contributed by atoms with van der Waals surface area (Å²) in [5, 5.41) is 24.9. The van der Waals surface area contributed by atoms with Gasteiger partial charge >= 0.3 is 0 Å². The second kappa shape index (κ2) is 6.31. The molecule has 2 heterocycles. The molecule has 2 aliphatic rings. The molecule has 0 amide bonds. The molecule has 0 aromatic heterocycles. The Labute approximate surface area is 121 Å². The van der Waals surface area contributed by atoms with Gasteiger partial charge in [-0.15, -0.1) is 11.8 Å². The molecule has 2 unspecified atom stereocenters. The Morgan fingerprint density at radius 2 is 1.11 bits per heavy atom. The molecule has 2 saturated heterocycles. The Kier molecular flexibility index (Phi) is 5.17. The van der Waals surface area contributed by atoms with E-state index in [-0.39, 0.29) is 21.4 Å². The molecule has 112 valence electrons. The fraction of sp³-hybridized carbons (Fsp3) is 1.00. The second-order valence-electron chi connectivity index (χ2n) is 6.45. The summed E-state index contributed by atoms with van der Waals surface area (Å²) in [7, 11) is 0. The minimum absolute atomic E-state index is 0.00123. The third-order valence-electron chi connectivity index (χ3n) is 4.97. The van der Waals surface area contributed by atoms with Crippen LogP contribution in [0.3, 0.4) is 0 Å². The summed E-state index contributed by atoms with van der Waals surface area (Å²) >= 11 is 1.81. The summed E-state index contributed by atoms with van der Waals surface area (Å²) in [6.45, 7) is 7.32. The maximum atomic E-state index is 12.5. The van der Waals surface area contributed by atoms with Crippen molar-refractivity contribution in [2.75, 3.05) is 37.7 Å². The van der Waals surface area contributed by atoms with Crippen LogP contribution in [0.2, 0.25) is 0 Å². The molecule has 0 aliphatic carbocycles. The van der Waals surface area contributed by atoms with Gasteiger partial charge in [-0.05, 0) is 13.8 Å². The molecule has 0 radical (unpaired) electrons. The normalized spacial score (nSPS) is 28.4. The van der Waals surface area contributed by atoms with Crippen LogP contribution >= 0.6 is 11.8 Å². The molecule has 0 N–H and O–H groups in total. The monoisotopic (exact) mass is 288 g/mol. The van der Waals surface area contributed by atoms with E-state index in [2.05, 4.69) is 13.8 Å². The van der Waals surface area contributed by atoms with Gasteiger partial charge in [0, 0.05) is 37.2 Å². The van der Waals surface area contributed by atoms with Crippen LogP contribution in [-0.2, 0) is 0 Å². The van der Waals surface area contributed by atoms with Crippen LogP contribution in [0.1, 0.15) is 39.5 Å². The van der Waals surface area contributed by atoms with Crippen LogP contribution in [0.4, 0.5) is 0 Å². The quantitative estimate of drug-likeness (QED) is 0.557. The molecule has 2 aliphatic heterocycles. The average molecular weight is 288 g/mol. The molecule has 4 nitrogen and oxygen atoms in total. The van der Waals surface area contributed by atoms with Gasteiger partial charge in [0.15, 0.2) is 0 Å². The number of hydrogen-bond donors (Lipinski definition) is 0. The lowest BCUT2D eigenvalue weighted by molar-refractivity contribution is -0.889. The maximum absolute atomic E-state index is 12.5. The number of hydroxylamine groups is 6. The zero-order valence-electron chi connectivity index (χ0n) is 12.3. The van der Waals surface area contributed by atoms with Gasteiger partial charge in [-0.2, -0.15) is 0 Å². The third kappa shape index (κ3) is 3.64. The molecule has 2 atom stereocenters. The molecular formula is C14H28N2O2S. The molecule has 0 aromatic carbocycles. The Bertz CT molecular complexity index is 261. The van der Waals surface area contributed by atoms with E-state index in [0.29, 0.717) is 0 Å². The van der Waals surface area contributed by atoms with Crippen LogP contribution in [0.5, 0.6) is 0 Å². The van der Waals surface area contributed by atoms with Crippen molar-refractivity contribution < 1.29 is 9.29 Å². The van der Waals surface area contributed by atoms with Gasteiger partial charge in [0.1, 0.15) is 0 Å². The molecule has 0 aromatic rings. The van der Waals surface area contributed by atoms with Crippen molar-refractivity contribution in [1.82, 2.24) is 0 Å². The van der Waals surface area contributed by atoms with Crippen molar-refractivity contribution in [3.8, 4) is 0 Å². The van der Waals surface area contributed by atoms with Crippen molar-refractivity contribution in [3.05, 3.63) is 10.4 Å². The van der Waals surface area contributed by atoms with Gasteiger partial charge in [-0.25, -0.2) is 0 Å². The molecule has 0 saturated carbocycles. The Morgan fingerprint density at radius 1 is 0.789 bits per heavy atom. The SMILES string of the molecule is CC(CSCC(C)[N+]1([O-])CCCC1)[N+]1([O-])CCCC1. The number of hydrogen-bond acceptors (Lipinski definition) is 3. The van der Waals surface area contributed by atoms with Crippen molar-refractivity contribution in [2.45, 2.75) is 51.6 Å². The summed E-state index contributed by atoms with van der Waals surface area (Å²) in [6, 6.07) is 0.358. The lowest BCUT2D eigenvalue weighted by Gasteiger charge is -2.45. The minimum Gasteiger partial charge on any atom is -0.633 e. The predicted molar refractivity (Wildman–Crippen MR) is 81.4 cm³/mol. The average Bonchev–Trinajstić information content (AvgIpc) is 3.00. The summed E-state index contributed by atoms with van der Waals surface area (Å²) in [5.74, 6) is 1.79. The number of thioether (sulfide) groups is 1. The highest BCUT2D eigenvalue weighted by molar-refractivity contribution is 7.99. The van der Waals surface area contributed by atoms with Crippen molar-refractivity contribution in [2.24, 2.45) is 0 Å². The molecule has 2 fully saturated rings. The minimum atomic E-state index is -0.00123. The molecule has 0 spiro atoms. The predicted octanol–water partition coefficient (Wildman–Crippen LogP) is 2.71. The zero-order valence-corrected chi connectivity index (χ0v) is 13.2.